The molecular weight excluding hydrogens is 249 g/mol. The van der Waals surface area contributed by atoms with Gasteiger partial charge in [0.05, 0.1) is 0 Å². The van der Waals surface area contributed by atoms with Crippen LogP contribution >= 0.6 is 0 Å². The Kier molecular flexibility index (Phi) is 3.36. The molecule has 0 aliphatic carbocycles. The summed E-state index contributed by atoms with van der Waals surface area (Å²) >= 11 is 0. The maximum Gasteiger partial charge on any atom is 0.573 e. The van der Waals surface area contributed by atoms with Crippen molar-refractivity contribution in [2.24, 2.45) is 0 Å². The highest BCUT2D eigenvalue weighted by Crippen LogP contribution is 2.32. The third-order valence-electron chi connectivity index (χ3n) is 1.58. The van der Waals surface area contributed by atoms with Crippen LogP contribution in [0.3, 0.4) is 0 Å². The monoisotopic (exact) mass is 253 g/mol. The van der Waals surface area contributed by atoms with Gasteiger partial charge in [0, 0.05) is 6.07 Å². The summed E-state index contributed by atoms with van der Waals surface area (Å²) in [5.41, 5.74) is 2.90. The molecule has 0 amide bonds. The van der Waals surface area contributed by atoms with E-state index in [2.05, 4.69) is 9.72 Å². The van der Waals surface area contributed by atoms with Gasteiger partial charge < -0.3 is 10.5 Å². The number of alkyl halides is 5. The third kappa shape index (κ3) is 3.17. The van der Waals surface area contributed by atoms with Gasteiger partial charge in [-0.3, -0.25) is 0 Å². The minimum absolute atomic E-state index is 0.553. The molecule has 0 spiro atoms. The quantitative estimate of drug-likeness (QED) is 0.821. The maximum atomic E-state index is 12.4. The Hall–Kier alpha value is -2.11. The van der Waals surface area contributed by atoms with E-state index in [1.165, 1.54) is 6.07 Å². The summed E-state index contributed by atoms with van der Waals surface area (Å²) in [6.45, 7) is 0. The van der Waals surface area contributed by atoms with Gasteiger partial charge in [-0.25, -0.2) is 13.8 Å². The molecule has 0 saturated carbocycles. The number of ether oxygens (including phenoxy) is 1. The molecule has 0 aliphatic rings. The van der Waals surface area contributed by atoms with Crippen molar-refractivity contribution < 1.29 is 26.7 Å². The van der Waals surface area contributed by atoms with Crippen LogP contribution < -0.4 is 10.5 Å². The van der Waals surface area contributed by atoms with E-state index in [-0.39, 0.29) is 0 Å². The Morgan fingerprint density at radius 3 is 2.41 bits per heavy atom. The number of nitriles is 1. The molecule has 4 nitrogen and oxygen atoms in total. The molecule has 0 radical (unpaired) electrons. The molecule has 0 bridgehead atoms. The van der Waals surface area contributed by atoms with Crippen molar-refractivity contribution in [1.29, 1.82) is 5.26 Å². The van der Waals surface area contributed by atoms with E-state index in [1.54, 1.807) is 0 Å². The Morgan fingerprint density at radius 2 is 2.00 bits per heavy atom. The first-order valence-corrected chi connectivity index (χ1v) is 3.99. The second-order valence-electron chi connectivity index (χ2n) is 2.77. The minimum Gasteiger partial charge on any atom is -0.404 e. The van der Waals surface area contributed by atoms with E-state index < -0.39 is 35.6 Å². The largest absolute Gasteiger partial charge is 0.573 e. The molecule has 92 valence electrons. The van der Waals surface area contributed by atoms with Crippen molar-refractivity contribution in [2.75, 3.05) is 5.73 Å². The number of nitrogens with zero attached hydrogens (tertiary/aromatic N) is 2. The molecule has 9 heteroatoms. The molecule has 0 unspecified atom stereocenters. The number of nitrogen functional groups attached to an aromatic ring is 1. The van der Waals surface area contributed by atoms with Gasteiger partial charge in [0.25, 0.3) is 6.43 Å². The summed E-state index contributed by atoms with van der Waals surface area (Å²) in [5.74, 6) is -1.69. The normalized spacial score (nSPS) is 11.4. The molecule has 1 heterocycles. The molecule has 0 aromatic carbocycles. The first kappa shape index (κ1) is 13.0. The number of hydrogen-bond acceptors (Lipinski definition) is 4. The molecule has 1 aromatic heterocycles. The highest BCUT2D eigenvalue weighted by molar-refractivity contribution is 5.52. The van der Waals surface area contributed by atoms with Crippen LogP contribution in [0.5, 0.6) is 5.75 Å². The lowest BCUT2D eigenvalue weighted by molar-refractivity contribution is -0.274. The second-order valence-corrected chi connectivity index (χ2v) is 2.77. The van der Waals surface area contributed by atoms with E-state index in [1.807, 2.05) is 0 Å². The fraction of sp³-hybridized carbons (Fsp3) is 0.250. The standard InChI is InChI=1S/C8H4F5N3O/c9-7(10)6-3(2-14)4(1-5(15)16-6)17-8(11,12)13/h1,7H,(H2,15,16). The first-order valence-electron chi connectivity index (χ1n) is 3.99. The average molecular weight is 253 g/mol. The van der Waals surface area contributed by atoms with Gasteiger partial charge in [-0.15, -0.1) is 13.2 Å². The zero-order valence-corrected chi connectivity index (χ0v) is 7.92. The minimum atomic E-state index is -5.11. The van der Waals surface area contributed by atoms with Gasteiger partial charge in [0.1, 0.15) is 23.1 Å². The van der Waals surface area contributed by atoms with E-state index in [0.717, 1.165) is 0 Å². The number of halogens is 5. The number of nitrogens with two attached hydrogens (primary N) is 1. The van der Waals surface area contributed by atoms with E-state index in [4.69, 9.17) is 11.0 Å². The molecule has 2 N–H and O–H groups in total. The second kappa shape index (κ2) is 4.40. The number of pyridine rings is 1. The van der Waals surface area contributed by atoms with Gasteiger partial charge in [-0.05, 0) is 0 Å². The Bertz CT molecular complexity index is 465. The lowest BCUT2D eigenvalue weighted by Gasteiger charge is -2.12. The van der Waals surface area contributed by atoms with Crippen LogP contribution in [0.2, 0.25) is 0 Å². The summed E-state index contributed by atoms with van der Waals surface area (Å²) in [6, 6.07) is 1.73. The van der Waals surface area contributed by atoms with Gasteiger partial charge in [0.15, 0.2) is 5.75 Å². The fourth-order valence-corrected chi connectivity index (χ4v) is 1.04. The van der Waals surface area contributed by atoms with Crippen molar-refractivity contribution in [1.82, 2.24) is 4.98 Å². The first-order chi connectivity index (χ1) is 7.74. The van der Waals surface area contributed by atoms with Crippen LogP contribution in [-0.4, -0.2) is 11.3 Å². The number of aromatic nitrogens is 1. The number of hydrogen-bond donors (Lipinski definition) is 1. The number of anilines is 1. The molecule has 1 rings (SSSR count). The lowest BCUT2D eigenvalue weighted by Crippen LogP contribution is -2.19. The molecule has 1 aromatic rings. The van der Waals surface area contributed by atoms with Crippen LogP contribution in [0.15, 0.2) is 6.07 Å². The summed E-state index contributed by atoms with van der Waals surface area (Å²) in [7, 11) is 0. The van der Waals surface area contributed by atoms with Gasteiger partial charge >= 0.3 is 6.36 Å². The fourth-order valence-electron chi connectivity index (χ4n) is 1.04. The Balaban J connectivity index is 3.35. The summed E-state index contributed by atoms with van der Waals surface area (Å²) < 4.78 is 64.0. The zero-order chi connectivity index (χ0) is 13.2. The Morgan fingerprint density at radius 1 is 1.41 bits per heavy atom. The predicted octanol–water partition coefficient (Wildman–Crippen LogP) is 2.37. The summed E-state index contributed by atoms with van der Waals surface area (Å²) in [6.07, 6.45) is -8.34. The third-order valence-corrected chi connectivity index (χ3v) is 1.58. The van der Waals surface area contributed by atoms with Crippen LogP contribution in [0.1, 0.15) is 17.7 Å². The Labute approximate surface area is 91.4 Å². The van der Waals surface area contributed by atoms with Crippen LogP contribution in [0.4, 0.5) is 27.8 Å². The van der Waals surface area contributed by atoms with Gasteiger partial charge in [-0.1, -0.05) is 0 Å². The van der Waals surface area contributed by atoms with Crippen molar-refractivity contribution in [2.45, 2.75) is 12.8 Å². The smallest absolute Gasteiger partial charge is 0.404 e. The predicted molar refractivity (Wildman–Crippen MR) is 45.0 cm³/mol. The van der Waals surface area contributed by atoms with Crippen molar-refractivity contribution in [3.63, 3.8) is 0 Å². The van der Waals surface area contributed by atoms with E-state index in [9.17, 15) is 22.0 Å². The lowest BCUT2D eigenvalue weighted by atomic mass is 10.2. The van der Waals surface area contributed by atoms with Crippen molar-refractivity contribution in [3.8, 4) is 11.8 Å². The van der Waals surface area contributed by atoms with E-state index >= 15 is 0 Å². The van der Waals surface area contributed by atoms with Gasteiger partial charge in [0.2, 0.25) is 0 Å². The highest BCUT2D eigenvalue weighted by Gasteiger charge is 2.34. The van der Waals surface area contributed by atoms with Crippen molar-refractivity contribution in [3.05, 3.63) is 17.3 Å². The zero-order valence-electron chi connectivity index (χ0n) is 7.92. The molecular formula is C8H4F5N3O. The molecule has 0 saturated heterocycles. The van der Waals surface area contributed by atoms with E-state index in [0.29, 0.717) is 6.07 Å². The van der Waals surface area contributed by atoms with Crippen LogP contribution in [-0.2, 0) is 0 Å². The average Bonchev–Trinajstić information content (AvgIpc) is 2.14. The topological polar surface area (TPSA) is 71.9 Å². The summed E-state index contributed by atoms with van der Waals surface area (Å²) in [5, 5.41) is 8.52. The van der Waals surface area contributed by atoms with Gasteiger partial charge in [-0.2, -0.15) is 5.26 Å². The molecule has 0 fully saturated rings. The molecule has 17 heavy (non-hydrogen) atoms. The van der Waals surface area contributed by atoms with Crippen LogP contribution in [0, 0.1) is 11.3 Å². The van der Waals surface area contributed by atoms with Crippen LogP contribution in [0.25, 0.3) is 0 Å². The SMILES string of the molecule is N#Cc1c(OC(F)(F)F)cc(N)nc1C(F)F. The molecule has 0 atom stereocenters. The molecule has 0 aliphatic heterocycles. The highest BCUT2D eigenvalue weighted by atomic mass is 19.4. The summed E-state index contributed by atoms with van der Waals surface area (Å²) in [4.78, 5) is 3.09. The maximum absolute atomic E-state index is 12.4. The van der Waals surface area contributed by atoms with Crippen molar-refractivity contribution >= 4 is 5.82 Å². The number of rotatable bonds is 2.